The molecule has 0 aromatic carbocycles. The summed E-state index contributed by atoms with van der Waals surface area (Å²) in [4.78, 5) is 5.22. The molecule has 0 aliphatic carbocycles. The summed E-state index contributed by atoms with van der Waals surface area (Å²) < 4.78 is 0. The van der Waals surface area contributed by atoms with Crippen LogP contribution < -0.4 is 5.32 Å². The highest BCUT2D eigenvalue weighted by Crippen LogP contribution is 2.19. The maximum absolute atomic E-state index is 3.46. The molecule has 0 unspecified atom stereocenters. The highest BCUT2D eigenvalue weighted by molar-refractivity contribution is 5.85. The first-order chi connectivity index (χ1) is 8.29. The molecule has 0 radical (unpaired) electrons. The van der Waals surface area contributed by atoms with Gasteiger partial charge in [0.25, 0.3) is 0 Å². The molecule has 0 atom stereocenters. The van der Waals surface area contributed by atoms with Crippen molar-refractivity contribution < 1.29 is 0 Å². The van der Waals surface area contributed by atoms with E-state index < -0.39 is 0 Å². The molecule has 2 heterocycles. The van der Waals surface area contributed by atoms with Gasteiger partial charge in [0.15, 0.2) is 0 Å². The second-order valence-electron chi connectivity index (χ2n) is 5.80. The van der Waals surface area contributed by atoms with E-state index in [-0.39, 0.29) is 12.4 Å². The number of piperidine rings is 2. The highest BCUT2D eigenvalue weighted by Gasteiger charge is 2.24. The number of hydrogen-bond acceptors (Lipinski definition) is 3. The molecule has 2 rings (SSSR count). The third-order valence-electron chi connectivity index (χ3n) is 4.63. The van der Waals surface area contributed by atoms with Gasteiger partial charge in [0.1, 0.15) is 0 Å². The fourth-order valence-corrected chi connectivity index (χ4v) is 3.30. The lowest BCUT2D eigenvalue weighted by Crippen LogP contribution is -2.45. The van der Waals surface area contributed by atoms with E-state index in [0.717, 1.165) is 12.0 Å². The minimum atomic E-state index is 0. The molecular weight excluding hydrogens is 246 g/mol. The molecule has 3 nitrogen and oxygen atoms in total. The van der Waals surface area contributed by atoms with Crippen molar-refractivity contribution in [2.45, 2.75) is 38.6 Å². The van der Waals surface area contributed by atoms with E-state index in [1.54, 1.807) is 0 Å². The van der Waals surface area contributed by atoms with Crippen LogP contribution in [-0.2, 0) is 0 Å². The van der Waals surface area contributed by atoms with E-state index in [1.807, 2.05) is 0 Å². The van der Waals surface area contributed by atoms with Gasteiger partial charge in [-0.15, -0.1) is 12.4 Å². The first-order valence-electron chi connectivity index (χ1n) is 7.43. The molecule has 2 aliphatic heterocycles. The fraction of sp³-hybridized carbons (Fsp3) is 1.00. The molecule has 1 N–H and O–H groups in total. The van der Waals surface area contributed by atoms with Crippen molar-refractivity contribution in [1.29, 1.82) is 0 Å². The molecule has 0 amide bonds. The van der Waals surface area contributed by atoms with Gasteiger partial charge < -0.3 is 15.1 Å². The molecular formula is C14H30ClN3. The Morgan fingerprint density at radius 1 is 1.11 bits per heavy atom. The minimum absolute atomic E-state index is 0. The van der Waals surface area contributed by atoms with Gasteiger partial charge in [-0.25, -0.2) is 0 Å². The highest BCUT2D eigenvalue weighted by atomic mass is 35.5. The van der Waals surface area contributed by atoms with Crippen LogP contribution in [0.25, 0.3) is 0 Å². The standard InChI is InChI=1S/C14H29N3.ClH/c1-3-17-10-6-14(7-11-17)16(2)12-13-4-8-15-9-5-13;/h13-15H,3-12H2,1-2H3;1H. The zero-order valence-corrected chi connectivity index (χ0v) is 12.8. The van der Waals surface area contributed by atoms with Crippen LogP contribution in [0.5, 0.6) is 0 Å². The summed E-state index contributed by atoms with van der Waals surface area (Å²) in [5, 5.41) is 3.46. The normalized spacial score (nSPS) is 24.2. The topological polar surface area (TPSA) is 18.5 Å². The first-order valence-corrected chi connectivity index (χ1v) is 7.43. The smallest absolute Gasteiger partial charge is 0.0117 e. The molecule has 0 spiro atoms. The number of halogens is 1. The van der Waals surface area contributed by atoms with Crippen LogP contribution in [0.3, 0.4) is 0 Å². The SMILES string of the molecule is CCN1CCC(N(C)CC2CCNCC2)CC1.Cl. The molecule has 2 fully saturated rings. The summed E-state index contributed by atoms with van der Waals surface area (Å²) in [6.07, 6.45) is 5.49. The number of likely N-dealkylation sites (tertiary alicyclic amines) is 1. The zero-order valence-electron chi connectivity index (χ0n) is 12.0. The van der Waals surface area contributed by atoms with E-state index in [1.165, 1.54) is 65.0 Å². The second-order valence-corrected chi connectivity index (χ2v) is 5.80. The van der Waals surface area contributed by atoms with Gasteiger partial charge >= 0.3 is 0 Å². The van der Waals surface area contributed by atoms with Crippen LogP contribution >= 0.6 is 12.4 Å². The Balaban J connectivity index is 0.00000162. The third-order valence-corrected chi connectivity index (χ3v) is 4.63. The van der Waals surface area contributed by atoms with Crippen LogP contribution in [0, 0.1) is 5.92 Å². The molecule has 18 heavy (non-hydrogen) atoms. The fourth-order valence-electron chi connectivity index (χ4n) is 3.30. The Bertz CT molecular complexity index is 211. The van der Waals surface area contributed by atoms with Crippen molar-refractivity contribution in [2.24, 2.45) is 5.92 Å². The van der Waals surface area contributed by atoms with Crippen molar-refractivity contribution in [2.75, 3.05) is 46.3 Å². The van der Waals surface area contributed by atoms with Crippen LogP contribution in [-0.4, -0.2) is 62.2 Å². The number of nitrogens with one attached hydrogen (secondary N) is 1. The largest absolute Gasteiger partial charge is 0.317 e. The van der Waals surface area contributed by atoms with Crippen LogP contribution in [0.15, 0.2) is 0 Å². The maximum atomic E-state index is 3.46. The first kappa shape index (κ1) is 16.2. The van der Waals surface area contributed by atoms with Crippen molar-refractivity contribution in [3.8, 4) is 0 Å². The lowest BCUT2D eigenvalue weighted by atomic mass is 9.95. The van der Waals surface area contributed by atoms with Crippen LogP contribution in [0.2, 0.25) is 0 Å². The predicted octanol–water partition coefficient (Wildman–Crippen LogP) is 1.82. The van der Waals surface area contributed by atoms with Gasteiger partial charge in [-0.05, 0) is 71.4 Å². The molecule has 0 aromatic rings. The van der Waals surface area contributed by atoms with Crippen molar-refractivity contribution >= 4 is 12.4 Å². The maximum Gasteiger partial charge on any atom is 0.0117 e. The lowest BCUT2D eigenvalue weighted by molar-refractivity contribution is 0.112. The average Bonchev–Trinajstić information content (AvgIpc) is 2.40. The Labute approximate surface area is 119 Å². The number of hydrogen-bond donors (Lipinski definition) is 1. The zero-order chi connectivity index (χ0) is 12.1. The average molecular weight is 276 g/mol. The molecule has 108 valence electrons. The summed E-state index contributed by atoms with van der Waals surface area (Å²) in [5.41, 5.74) is 0. The Morgan fingerprint density at radius 3 is 2.28 bits per heavy atom. The van der Waals surface area contributed by atoms with E-state index in [9.17, 15) is 0 Å². The second kappa shape index (κ2) is 8.36. The van der Waals surface area contributed by atoms with E-state index in [4.69, 9.17) is 0 Å². The van der Waals surface area contributed by atoms with Crippen molar-refractivity contribution in [3.05, 3.63) is 0 Å². The summed E-state index contributed by atoms with van der Waals surface area (Å²) in [5.74, 6) is 0.936. The summed E-state index contributed by atoms with van der Waals surface area (Å²) in [6.45, 7) is 9.89. The molecule has 2 saturated heterocycles. The molecule has 0 bridgehead atoms. The summed E-state index contributed by atoms with van der Waals surface area (Å²) in [6, 6.07) is 0.840. The Morgan fingerprint density at radius 2 is 1.72 bits per heavy atom. The lowest BCUT2D eigenvalue weighted by Gasteiger charge is -2.38. The Kier molecular flexibility index (Phi) is 7.54. The van der Waals surface area contributed by atoms with Gasteiger partial charge in [-0.3, -0.25) is 0 Å². The predicted molar refractivity (Wildman–Crippen MR) is 80.6 cm³/mol. The quantitative estimate of drug-likeness (QED) is 0.845. The van der Waals surface area contributed by atoms with E-state index in [0.29, 0.717) is 0 Å². The molecule has 2 aliphatic rings. The van der Waals surface area contributed by atoms with E-state index >= 15 is 0 Å². The van der Waals surface area contributed by atoms with Gasteiger partial charge in [-0.1, -0.05) is 6.92 Å². The van der Waals surface area contributed by atoms with Crippen LogP contribution in [0.1, 0.15) is 32.6 Å². The molecule has 0 aromatic heterocycles. The minimum Gasteiger partial charge on any atom is -0.317 e. The number of nitrogens with zero attached hydrogens (tertiary/aromatic N) is 2. The summed E-state index contributed by atoms with van der Waals surface area (Å²) >= 11 is 0. The van der Waals surface area contributed by atoms with Gasteiger partial charge in [-0.2, -0.15) is 0 Å². The monoisotopic (exact) mass is 275 g/mol. The van der Waals surface area contributed by atoms with Gasteiger partial charge in [0.2, 0.25) is 0 Å². The third kappa shape index (κ3) is 4.69. The van der Waals surface area contributed by atoms with Gasteiger partial charge in [0, 0.05) is 12.6 Å². The number of rotatable bonds is 4. The van der Waals surface area contributed by atoms with Crippen LogP contribution in [0.4, 0.5) is 0 Å². The summed E-state index contributed by atoms with van der Waals surface area (Å²) in [7, 11) is 2.34. The molecule has 4 heteroatoms. The Hall–Kier alpha value is 0.170. The van der Waals surface area contributed by atoms with Crippen molar-refractivity contribution in [1.82, 2.24) is 15.1 Å². The van der Waals surface area contributed by atoms with E-state index in [2.05, 4.69) is 29.1 Å². The van der Waals surface area contributed by atoms with Crippen molar-refractivity contribution in [3.63, 3.8) is 0 Å². The molecule has 0 saturated carbocycles. The van der Waals surface area contributed by atoms with Gasteiger partial charge in [0.05, 0.1) is 0 Å².